The van der Waals surface area contributed by atoms with Gasteiger partial charge >= 0.3 is 0 Å². The number of carbonyl (C=O) groups is 2. The van der Waals surface area contributed by atoms with Crippen molar-refractivity contribution in [1.29, 1.82) is 0 Å². The highest BCUT2D eigenvalue weighted by Crippen LogP contribution is 2.45. The fraction of sp³-hybridized carbons (Fsp3) is 0.556. The first kappa shape index (κ1) is 14.7. The normalized spacial score (nSPS) is 27.0. The van der Waals surface area contributed by atoms with E-state index >= 15 is 0 Å². The van der Waals surface area contributed by atoms with Gasteiger partial charge in [-0.15, -0.1) is 0 Å². The summed E-state index contributed by atoms with van der Waals surface area (Å²) in [5, 5.41) is 8.81. The second kappa shape index (κ2) is 5.34. The number of benzene rings is 1. The Bertz CT molecular complexity index is 668. The minimum absolute atomic E-state index is 0.0357. The van der Waals surface area contributed by atoms with Crippen LogP contribution in [0.2, 0.25) is 0 Å². The molecular weight excluding hydrogens is 292 g/mol. The Morgan fingerprint density at radius 3 is 2.78 bits per heavy atom. The summed E-state index contributed by atoms with van der Waals surface area (Å²) in [6.07, 6.45) is 7.04. The standard InChI is InChI=1S/C18H22N2O3/c21-16-10-18(11-20(16)15-2-1-3-15)7-6-12-4-5-13(17(22)19-23)8-14(12)9-18/h4-5,8,15,23H,1-3,6-7,9-11H2,(H,19,22)/t18-/m0/s1. The Hall–Kier alpha value is -1.88. The Balaban J connectivity index is 1.58. The third kappa shape index (κ3) is 2.43. The van der Waals surface area contributed by atoms with Crippen LogP contribution in [0.1, 0.15) is 53.6 Å². The molecule has 2 N–H and O–H groups in total. The Morgan fingerprint density at radius 1 is 1.26 bits per heavy atom. The average Bonchev–Trinajstić information content (AvgIpc) is 2.80. The van der Waals surface area contributed by atoms with E-state index in [4.69, 9.17) is 5.21 Å². The van der Waals surface area contributed by atoms with E-state index in [-0.39, 0.29) is 5.41 Å². The van der Waals surface area contributed by atoms with Gasteiger partial charge in [0, 0.05) is 30.0 Å². The quantitative estimate of drug-likeness (QED) is 0.648. The van der Waals surface area contributed by atoms with Gasteiger partial charge in [0.2, 0.25) is 5.91 Å². The summed E-state index contributed by atoms with van der Waals surface area (Å²) in [7, 11) is 0. The van der Waals surface area contributed by atoms with E-state index in [9.17, 15) is 9.59 Å². The van der Waals surface area contributed by atoms with Gasteiger partial charge in [-0.05, 0) is 61.8 Å². The number of rotatable bonds is 2. The maximum absolute atomic E-state index is 12.4. The van der Waals surface area contributed by atoms with Gasteiger partial charge < -0.3 is 4.90 Å². The van der Waals surface area contributed by atoms with Crippen molar-refractivity contribution < 1.29 is 14.8 Å². The molecule has 1 saturated heterocycles. The summed E-state index contributed by atoms with van der Waals surface area (Å²) in [5.41, 5.74) is 4.62. The summed E-state index contributed by atoms with van der Waals surface area (Å²) < 4.78 is 0. The lowest BCUT2D eigenvalue weighted by Gasteiger charge is -2.38. The van der Waals surface area contributed by atoms with E-state index in [2.05, 4.69) is 4.90 Å². The maximum atomic E-state index is 12.4. The van der Waals surface area contributed by atoms with Crippen LogP contribution in [0.3, 0.4) is 0 Å². The van der Waals surface area contributed by atoms with Crippen molar-refractivity contribution in [3.8, 4) is 0 Å². The van der Waals surface area contributed by atoms with Crippen molar-refractivity contribution in [2.24, 2.45) is 5.41 Å². The van der Waals surface area contributed by atoms with Crippen molar-refractivity contribution in [1.82, 2.24) is 10.4 Å². The molecule has 1 aliphatic heterocycles. The van der Waals surface area contributed by atoms with Gasteiger partial charge in [-0.1, -0.05) is 6.07 Å². The van der Waals surface area contributed by atoms with Crippen LogP contribution >= 0.6 is 0 Å². The van der Waals surface area contributed by atoms with Crippen molar-refractivity contribution in [2.75, 3.05) is 6.54 Å². The molecule has 23 heavy (non-hydrogen) atoms. The van der Waals surface area contributed by atoms with Gasteiger partial charge in [0.15, 0.2) is 0 Å². The highest BCUT2D eigenvalue weighted by Gasteiger charge is 2.47. The van der Waals surface area contributed by atoms with E-state index in [1.165, 1.54) is 12.0 Å². The Kier molecular flexibility index (Phi) is 3.41. The number of nitrogens with zero attached hydrogens (tertiary/aromatic N) is 1. The minimum atomic E-state index is -0.481. The number of likely N-dealkylation sites (tertiary alicyclic amines) is 1. The molecule has 3 aliphatic rings. The number of hydroxylamine groups is 1. The molecule has 5 heteroatoms. The molecule has 2 fully saturated rings. The number of fused-ring (bicyclic) bond motifs is 1. The number of hydrogen-bond acceptors (Lipinski definition) is 3. The van der Waals surface area contributed by atoms with Crippen LogP contribution in [0, 0.1) is 5.41 Å². The first-order valence-electron chi connectivity index (χ1n) is 8.46. The molecule has 0 bridgehead atoms. The van der Waals surface area contributed by atoms with E-state index in [0.717, 1.165) is 44.2 Å². The maximum Gasteiger partial charge on any atom is 0.274 e. The number of amides is 2. The lowest BCUT2D eigenvalue weighted by atomic mass is 9.70. The Labute approximate surface area is 135 Å². The van der Waals surface area contributed by atoms with E-state index in [0.29, 0.717) is 23.9 Å². The van der Waals surface area contributed by atoms with Crippen molar-refractivity contribution in [2.45, 2.75) is 51.0 Å². The zero-order chi connectivity index (χ0) is 16.0. The number of carbonyl (C=O) groups excluding carboxylic acids is 2. The van der Waals surface area contributed by atoms with Crippen molar-refractivity contribution in [3.05, 3.63) is 34.9 Å². The van der Waals surface area contributed by atoms with Crippen LogP contribution in [0.15, 0.2) is 18.2 Å². The predicted octanol–water partition coefficient (Wildman–Crippen LogP) is 2.07. The van der Waals surface area contributed by atoms with Gasteiger partial charge in [0.05, 0.1) is 0 Å². The van der Waals surface area contributed by atoms with E-state index < -0.39 is 5.91 Å². The molecule has 1 atom stereocenters. The molecule has 2 aliphatic carbocycles. The predicted molar refractivity (Wildman–Crippen MR) is 84.1 cm³/mol. The molecule has 1 aromatic carbocycles. The van der Waals surface area contributed by atoms with Gasteiger partial charge in [0.25, 0.3) is 5.91 Å². The highest BCUT2D eigenvalue weighted by molar-refractivity contribution is 5.93. The zero-order valence-corrected chi connectivity index (χ0v) is 13.2. The van der Waals surface area contributed by atoms with Crippen LogP contribution in [0.4, 0.5) is 0 Å². The lowest BCUT2D eigenvalue weighted by Crippen LogP contribution is -2.42. The molecule has 0 radical (unpaired) electrons. The molecule has 4 rings (SSSR count). The van der Waals surface area contributed by atoms with Gasteiger partial charge in [-0.2, -0.15) is 0 Å². The number of aryl methyl sites for hydroxylation is 1. The second-order valence-electron chi connectivity index (χ2n) is 7.38. The average molecular weight is 314 g/mol. The largest absolute Gasteiger partial charge is 0.339 e. The first-order valence-corrected chi connectivity index (χ1v) is 8.46. The third-order valence-electron chi connectivity index (χ3n) is 5.93. The van der Waals surface area contributed by atoms with Gasteiger partial charge in [-0.25, -0.2) is 5.48 Å². The molecule has 5 nitrogen and oxygen atoms in total. The van der Waals surface area contributed by atoms with Crippen LogP contribution in [-0.2, 0) is 17.6 Å². The minimum Gasteiger partial charge on any atom is -0.339 e. The van der Waals surface area contributed by atoms with E-state index in [1.807, 2.05) is 12.1 Å². The summed E-state index contributed by atoms with van der Waals surface area (Å²) in [6, 6.07) is 6.07. The molecule has 1 spiro atoms. The van der Waals surface area contributed by atoms with E-state index in [1.54, 1.807) is 11.5 Å². The highest BCUT2D eigenvalue weighted by atomic mass is 16.5. The fourth-order valence-electron chi connectivity index (χ4n) is 4.38. The van der Waals surface area contributed by atoms with Crippen LogP contribution in [-0.4, -0.2) is 34.5 Å². The summed E-state index contributed by atoms with van der Waals surface area (Å²) in [5.74, 6) is -0.173. The zero-order valence-electron chi connectivity index (χ0n) is 13.2. The third-order valence-corrected chi connectivity index (χ3v) is 5.93. The molecular formula is C18H22N2O3. The molecule has 122 valence electrons. The molecule has 1 aromatic rings. The lowest BCUT2D eigenvalue weighted by molar-refractivity contribution is -0.131. The van der Waals surface area contributed by atoms with Crippen LogP contribution < -0.4 is 5.48 Å². The molecule has 0 unspecified atom stereocenters. The van der Waals surface area contributed by atoms with Crippen LogP contribution in [0.25, 0.3) is 0 Å². The SMILES string of the molecule is O=C(NO)c1ccc2c(c1)C[C@@]1(CC2)CC(=O)N(C2CCC2)C1. The summed E-state index contributed by atoms with van der Waals surface area (Å²) in [4.78, 5) is 26.2. The number of hydrogen-bond donors (Lipinski definition) is 2. The Morgan fingerprint density at radius 2 is 2.09 bits per heavy atom. The number of nitrogens with one attached hydrogen (secondary N) is 1. The molecule has 0 aromatic heterocycles. The van der Waals surface area contributed by atoms with Gasteiger partial charge in [0.1, 0.15) is 0 Å². The molecule has 1 saturated carbocycles. The topological polar surface area (TPSA) is 69.6 Å². The molecule has 1 heterocycles. The second-order valence-corrected chi connectivity index (χ2v) is 7.38. The fourth-order valence-corrected chi connectivity index (χ4v) is 4.38. The smallest absolute Gasteiger partial charge is 0.274 e. The monoisotopic (exact) mass is 314 g/mol. The molecule has 2 amide bonds. The summed E-state index contributed by atoms with van der Waals surface area (Å²) >= 11 is 0. The van der Waals surface area contributed by atoms with Gasteiger partial charge in [-0.3, -0.25) is 14.8 Å². The first-order chi connectivity index (χ1) is 11.1. The van der Waals surface area contributed by atoms with Crippen molar-refractivity contribution >= 4 is 11.8 Å². The summed E-state index contributed by atoms with van der Waals surface area (Å²) in [6.45, 7) is 0.867. The van der Waals surface area contributed by atoms with Crippen LogP contribution in [0.5, 0.6) is 0 Å². The van der Waals surface area contributed by atoms with Crippen molar-refractivity contribution in [3.63, 3.8) is 0 Å².